The van der Waals surface area contributed by atoms with Crippen molar-refractivity contribution in [2.45, 2.75) is 31.8 Å². The lowest BCUT2D eigenvalue weighted by Crippen LogP contribution is -2.23. The lowest BCUT2D eigenvalue weighted by molar-refractivity contribution is 0.253. The number of aryl methyl sites for hydroxylation is 2. The zero-order valence-corrected chi connectivity index (χ0v) is 14.0. The highest BCUT2D eigenvalue weighted by Crippen LogP contribution is 2.27. The molecule has 0 radical (unpaired) electrons. The first-order chi connectivity index (χ1) is 10.3. The van der Waals surface area contributed by atoms with Crippen LogP contribution in [0.2, 0.25) is 0 Å². The predicted molar refractivity (Wildman–Crippen MR) is 82.3 cm³/mol. The van der Waals surface area contributed by atoms with Crippen LogP contribution in [-0.4, -0.2) is 31.8 Å². The monoisotopic (exact) mass is 324 g/mol. The van der Waals surface area contributed by atoms with E-state index in [-0.39, 0.29) is 17.3 Å². The first-order valence-electron chi connectivity index (χ1n) is 6.94. The van der Waals surface area contributed by atoms with Crippen LogP contribution in [0.1, 0.15) is 24.1 Å². The molecule has 0 unspecified atom stereocenters. The molecule has 0 aliphatic carbocycles. The van der Waals surface area contributed by atoms with Crippen LogP contribution in [0.3, 0.4) is 0 Å². The highest BCUT2D eigenvalue weighted by molar-refractivity contribution is 7.89. The van der Waals surface area contributed by atoms with E-state index in [2.05, 4.69) is 4.98 Å². The average molecular weight is 324 g/mol. The fourth-order valence-corrected chi connectivity index (χ4v) is 2.96. The maximum Gasteiger partial charge on any atom is 0.246 e. The van der Waals surface area contributed by atoms with E-state index in [4.69, 9.17) is 9.15 Å². The summed E-state index contributed by atoms with van der Waals surface area (Å²) in [6, 6.07) is 5.05. The van der Waals surface area contributed by atoms with Crippen molar-refractivity contribution >= 4 is 10.0 Å². The summed E-state index contributed by atoms with van der Waals surface area (Å²) < 4.78 is 37.0. The fourth-order valence-electron chi connectivity index (χ4n) is 1.85. The molecular formula is C15H20N2O4S. The van der Waals surface area contributed by atoms with Crippen molar-refractivity contribution in [3.63, 3.8) is 0 Å². The summed E-state index contributed by atoms with van der Waals surface area (Å²) in [5, 5.41) is 0. The molecule has 0 amide bonds. The van der Waals surface area contributed by atoms with Gasteiger partial charge in [0.15, 0.2) is 6.61 Å². The highest BCUT2D eigenvalue weighted by atomic mass is 32.2. The summed E-state index contributed by atoms with van der Waals surface area (Å²) >= 11 is 0. The summed E-state index contributed by atoms with van der Waals surface area (Å²) in [6.07, 6.45) is 2.39. The molecule has 0 atom stereocenters. The Morgan fingerprint density at radius 2 is 2.05 bits per heavy atom. The lowest BCUT2D eigenvalue weighted by atomic mass is 10.2. The van der Waals surface area contributed by atoms with E-state index in [1.807, 2.05) is 13.8 Å². The van der Waals surface area contributed by atoms with E-state index in [0.717, 1.165) is 22.0 Å². The molecule has 0 spiro atoms. The number of hydrogen-bond donors (Lipinski definition) is 0. The predicted octanol–water partition coefficient (Wildman–Crippen LogP) is 2.37. The van der Waals surface area contributed by atoms with Crippen molar-refractivity contribution in [2.75, 3.05) is 14.1 Å². The molecular weight excluding hydrogens is 304 g/mol. The fraction of sp³-hybridized carbons (Fsp3) is 0.400. The molecule has 0 aliphatic heterocycles. The van der Waals surface area contributed by atoms with Crippen LogP contribution < -0.4 is 4.74 Å². The first-order valence-corrected chi connectivity index (χ1v) is 8.38. The van der Waals surface area contributed by atoms with E-state index in [1.54, 1.807) is 24.4 Å². The molecule has 2 rings (SSSR count). The van der Waals surface area contributed by atoms with Crippen LogP contribution in [0.15, 0.2) is 33.7 Å². The van der Waals surface area contributed by atoms with Gasteiger partial charge in [0.1, 0.15) is 16.4 Å². The smallest absolute Gasteiger partial charge is 0.246 e. The van der Waals surface area contributed by atoms with Gasteiger partial charge >= 0.3 is 0 Å². The van der Waals surface area contributed by atoms with Crippen molar-refractivity contribution in [1.82, 2.24) is 9.29 Å². The van der Waals surface area contributed by atoms with E-state index >= 15 is 0 Å². The van der Waals surface area contributed by atoms with Gasteiger partial charge in [0, 0.05) is 20.5 Å². The topological polar surface area (TPSA) is 72.6 Å². The zero-order chi connectivity index (χ0) is 16.3. The second-order valence-corrected chi connectivity index (χ2v) is 7.22. The molecule has 0 aliphatic rings. The SMILES string of the molecule is CCc1cnc(COc2ccc(C)cc2S(=O)(=O)N(C)C)o1. The van der Waals surface area contributed by atoms with E-state index < -0.39 is 10.0 Å². The number of benzene rings is 1. The minimum Gasteiger partial charge on any atom is -0.482 e. The summed E-state index contributed by atoms with van der Waals surface area (Å²) in [4.78, 5) is 4.23. The van der Waals surface area contributed by atoms with Gasteiger partial charge in [-0.2, -0.15) is 0 Å². The van der Waals surface area contributed by atoms with Crippen LogP contribution in [0.25, 0.3) is 0 Å². The van der Waals surface area contributed by atoms with Gasteiger partial charge in [0.25, 0.3) is 0 Å². The Morgan fingerprint density at radius 1 is 1.32 bits per heavy atom. The highest BCUT2D eigenvalue weighted by Gasteiger charge is 2.22. The first kappa shape index (κ1) is 16.5. The van der Waals surface area contributed by atoms with Gasteiger partial charge in [0.05, 0.1) is 6.20 Å². The Kier molecular flexibility index (Phi) is 4.87. The molecule has 0 fully saturated rings. The lowest BCUT2D eigenvalue weighted by Gasteiger charge is -2.15. The number of sulfonamides is 1. The molecule has 0 N–H and O–H groups in total. The molecule has 1 aromatic carbocycles. The Morgan fingerprint density at radius 3 is 2.64 bits per heavy atom. The Labute approximate surface area is 130 Å². The molecule has 2 aromatic rings. The molecule has 7 heteroatoms. The summed E-state index contributed by atoms with van der Waals surface area (Å²) in [5.74, 6) is 1.48. The van der Waals surface area contributed by atoms with Crippen LogP contribution >= 0.6 is 0 Å². The van der Waals surface area contributed by atoms with Crippen molar-refractivity contribution in [2.24, 2.45) is 0 Å². The van der Waals surface area contributed by atoms with E-state index in [1.165, 1.54) is 14.1 Å². The molecule has 1 aromatic heterocycles. The second-order valence-electron chi connectivity index (χ2n) is 5.10. The molecule has 0 saturated carbocycles. The number of aromatic nitrogens is 1. The number of hydrogen-bond acceptors (Lipinski definition) is 5. The van der Waals surface area contributed by atoms with Crippen molar-refractivity contribution in [1.29, 1.82) is 0 Å². The van der Waals surface area contributed by atoms with Gasteiger partial charge in [-0.3, -0.25) is 0 Å². The van der Waals surface area contributed by atoms with Crippen LogP contribution in [0.4, 0.5) is 0 Å². The number of oxazole rings is 1. The van der Waals surface area contributed by atoms with Gasteiger partial charge in [0.2, 0.25) is 15.9 Å². The van der Waals surface area contributed by atoms with Crippen molar-refractivity contribution in [3.8, 4) is 5.75 Å². The standard InChI is InChI=1S/C15H20N2O4S/c1-5-12-9-16-15(21-12)10-20-13-7-6-11(2)8-14(13)22(18,19)17(3)4/h6-9H,5,10H2,1-4H3. The number of nitrogens with zero attached hydrogens (tertiary/aromatic N) is 2. The van der Waals surface area contributed by atoms with Crippen LogP contribution in [-0.2, 0) is 23.1 Å². The van der Waals surface area contributed by atoms with Crippen molar-refractivity contribution in [3.05, 3.63) is 41.6 Å². The third-order valence-electron chi connectivity index (χ3n) is 3.16. The third kappa shape index (κ3) is 3.48. The van der Waals surface area contributed by atoms with Gasteiger partial charge in [-0.05, 0) is 24.6 Å². The molecule has 22 heavy (non-hydrogen) atoms. The van der Waals surface area contributed by atoms with Crippen LogP contribution in [0.5, 0.6) is 5.75 Å². The molecule has 6 nitrogen and oxygen atoms in total. The largest absolute Gasteiger partial charge is 0.482 e. The van der Waals surface area contributed by atoms with E-state index in [9.17, 15) is 8.42 Å². The molecule has 1 heterocycles. The third-order valence-corrected chi connectivity index (χ3v) is 5.00. The van der Waals surface area contributed by atoms with Crippen molar-refractivity contribution < 1.29 is 17.6 Å². The average Bonchev–Trinajstić information content (AvgIpc) is 2.93. The normalized spacial score (nSPS) is 11.9. The number of ether oxygens (including phenoxy) is 1. The van der Waals surface area contributed by atoms with Gasteiger partial charge in [-0.1, -0.05) is 13.0 Å². The Balaban J connectivity index is 2.27. The van der Waals surface area contributed by atoms with Gasteiger partial charge in [-0.15, -0.1) is 0 Å². The summed E-state index contributed by atoms with van der Waals surface area (Å²) in [5.41, 5.74) is 0.845. The second kappa shape index (κ2) is 6.50. The Hall–Kier alpha value is -1.86. The van der Waals surface area contributed by atoms with E-state index in [0.29, 0.717) is 5.89 Å². The molecule has 0 saturated heterocycles. The molecule has 120 valence electrons. The van der Waals surface area contributed by atoms with Gasteiger partial charge in [-0.25, -0.2) is 17.7 Å². The quantitative estimate of drug-likeness (QED) is 0.815. The number of rotatable bonds is 6. The Bertz CT molecular complexity index is 751. The minimum absolute atomic E-state index is 0.0824. The minimum atomic E-state index is -3.58. The molecule has 0 bridgehead atoms. The summed E-state index contributed by atoms with van der Waals surface area (Å²) in [7, 11) is -0.598. The van der Waals surface area contributed by atoms with Gasteiger partial charge < -0.3 is 9.15 Å². The maximum absolute atomic E-state index is 12.4. The zero-order valence-electron chi connectivity index (χ0n) is 13.2. The van der Waals surface area contributed by atoms with Crippen LogP contribution in [0, 0.1) is 6.92 Å². The summed E-state index contributed by atoms with van der Waals surface area (Å²) in [6.45, 7) is 3.88. The maximum atomic E-state index is 12.4.